The van der Waals surface area contributed by atoms with E-state index in [1.807, 2.05) is 49.4 Å². The van der Waals surface area contributed by atoms with Crippen molar-refractivity contribution in [1.29, 1.82) is 0 Å². The summed E-state index contributed by atoms with van der Waals surface area (Å²) in [6, 6.07) is 13.0. The maximum atomic E-state index is 12.2. The standard InChI is InChI=1S/C20H24N2O3/c1-14-5-3-7-16(11-14)22-19(23)21-13-20(24)10-4-6-15-12-17(25-2)8-9-18(15)20/h3,5,7-9,11-12,24H,4,6,10,13H2,1-2H3,(H2,21,22,23). The van der Waals surface area contributed by atoms with Crippen LogP contribution in [0.2, 0.25) is 0 Å². The molecule has 2 aromatic rings. The fourth-order valence-corrected chi connectivity index (χ4v) is 3.37. The molecule has 2 aromatic carbocycles. The minimum Gasteiger partial charge on any atom is -0.497 e. The molecular weight excluding hydrogens is 316 g/mol. The van der Waals surface area contributed by atoms with E-state index in [1.165, 1.54) is 0 Å². The topological polar surface area (TPSA) is 70.6 Å². The number of urea groups is 1. The van der Waals surface area contributed by atoms with Crippen molar-refractivity contribution in [2.45, 2.75) is 31.8 Å². The molecule has 0 saturated heterocycles. The van der Waals surface area contributed by atoms with E-state index in [1.54, 1.807) is 7.11 Å². The molecule has 0 radical (unpaired) electrons. The third kappa shape index (κ3) is 3.94. The Morgan fingerprint density at radius 2 is 2.12 bits per heavy atom. The number of aryl methyl sites for hydroxylation is 2. The predicted molar refractivity (Wildman–Crippen MR) is 98.0 cm³/mol. The number of carbonyl (C=O) groups is 1. The Bertz CT molecular complexity index is 775. The number of rotatable bonds is 4. The first-order chi connectivity index (χ1) is 12.0. The van der Waals surface area contributed by atoms with E-state index >= 15 is 0 Å². The van der Waals surface area contributed by atoms with Crippen LogP contribution in [-0.4, -0.2) is 24.8 Å². The molecule has 1 aliphatic carbocycles. The number of carbonyl (C=O) groups excluding carboxylic acids is 1. The normalized spacial score (nSPS) is 19.0. The molecule has 0 aliphatic heterocycles. The highest BCUT2D eigenvalue weighted by Crippen LogP contribution is 2.36. The molecule has 0 aromatic heterocycles. The Kier molecular flexibility index (Phi) is 4.95. The Hall–Kier alpha value is -2.53. The molecule has 5 nitrogen and oxygen atoms in total. The summed E-state index contributed by atoms with van der Waals surface area (Å²) in [6.45, 7) is 2.14. The van der Waals surface area contributed by atoms with Gasteiger partial charge in [0.25, 0.3) is 0 Å². The van der Waals surface area contributed by atoms with Gasteiger partial charge in [0.05, 0.1) is 13.7 Å². The van der Waals surface area contributed by atoms with Gasteiger partial charge in [-0.25, -0.2) is 4.79 Å². The summed E-state index contributed by atoms with van der Waals surface area (Å²) < 4.78 is 5.26. The number of benzene rings is 2. The van der Waals surface area contributed by atoms with Gasteiger partial charge < -0.3 is 20.5 Å². The summed E-state index contributed by atoms with van der Waals surface area (Å²) in [4.78, 5) is 12.2. The van der Waals surface area contributed by atoms with Gasteiger partial charge in [-0.3, -0.25) is 0 Å². The SMILES string of the molecule is COc1ccc2c(c1)CCCC2(O)CNC(=O)Nc1cccc(C)c1. The lowest BCUT2D eigenvalue weighted by Gasteiger charge is -2.34. The van der Waals surface area contributed by atoms with Crippen LogP contribution in [0.4, 0.5) is 10.5 Å². The third-order valence-corrected chi connectivity index (χ3v) is 4.67. The number of anilines is 1. The molecule has 2 amide bonds. The quantitative estimate of drug-likeness (QED) is 0.799. The lowest BCUT2D eigenvalue weighted by molar-refractivity contribution is 0.0220. The summed E-state index contributed by atoms with van der Waals surface area (Å²) in [5.74, 6) is 0.785. The van der Waals surface area contributed by atoms with Gasteiger partial charge in [-0.15, -0.1) is 0 Å². The highest BCUT2D eigenvalue weighted by molar-refractivity contribution is 5.89. The fraction of sp³-hybridized carbons (Fsp3) is 0.350. The lowest BCUT2D eigenvalue weighted by Crippen LogP contribution is -2.44. The molecule has 1 atom stereocenters. The number of amides is 2. The van der Waals surface area contributed by atoms with Crippen LogP contribution in [0.25, 0.3) is 0 Å². The minimum atomic E-state index is -1.05. The van der Waals surface area contributed by atoms with Crippen LogP contribution in [0.1, 0.15) is 29.5 Å². The highest BCUT2D eigenvalue weighted by atomic mass is 16.5. The summed E-state index contributed by atoms with van der Waals surface area (Å²) in [7, 11) is 1.63. The third-order valence-electron chi connectivity index (χ3n) is 4.67. The molecular formula is C20H24N2O3. The second-order valence-corrected chi connectivity index (χ2v) is 6.59. The van der Waals surface area contributed by atoms with Gasteiger partial charge in [0.2, 0.25) is 0 Å². The minimum absolute atomic E-state index is 0.171. The van der Waals surface area contributed by atoms with Gasteiger partial charge in [0, 0.05) is 5.69 Å². The van der Waals surface area contributed by atoms with E-state index in [-0.39, 0.29) is 12.6 Å². The predicted octanol–water partition coefficient (Wildman–Crippen LogP) is 3.35. The van der Waals surface area contributed by atoms with Gasteiger partial charge in [-0.2, -0.15) is 0 Å². The van der Waals surface area contributed by atoms with E-state index in [0.717, 1.165) is 41.0 Å². The van der Waals surface area contributed by atoms with Crippen molar-refractivity contribution in [2.75, 3.05) is 19.0 Å². The average molecular weight is 340 g/mol. The number of methoxy groups -OCH3 is 1. The first-order valence-corrected chi connectivity index (χ1v) is 8.51. The summed E-state index contributed by atoms with van der Waals surface area (Å²) in [5, 5.41) is 16.7. The van der Waals surface area contributed by atoms with E-state index in [0.29, 0.717) is 6.42 Å². The van der Waals surface area contributed by atoms with Gasteiger partial charge >= 0.3 is 6.03 Å². The van der Waals surface area contributed by atoms with Crippen LogP contribution in [0.5, 0.6) is 5.75 Å². The molecule has 1 aliphatic rings. The second-order valence-electron chi connectivity index (χ2n) is 6.59. The number of ether oxygens (including phenoxy) is 1. The maximum Gasteiger partial charge on any atom is 0.319 e. The molecule has 3 N–H and O–H groups in total. The van der Waals surface area contributed by atoms with Crippen molar-refractivity contribution < 1.29 is 14.6 Å². The van der Waals surface area contributed by atoms with Crippen molar-refractivity contribution in [3.63, 3.8) is 0 Å². The molecule has 0 saturated carbocycles. The first-order valence-electron chi connectivity index (χ1n) is 8.51. The number of hydrogen-bond acceptors (Lipinski definition) is 3. The van der Waals surface area contributed by atoms with Crippen LogP contribution >= 0.6 is 0 Å². The largest absolute Gasteiger partial charge is 0.497 e. The molecule has 5 heteroatoms. The van der Waals surface area contributed by atoms with Gasteiger partial charge in [-0.1, -0.05) is 18.2 Å². The van der Waals surface area contributed by atoms with E-state index in [4.69, 9.17) is 4.74 Å². The molecule has 1 unspecified atom stereocenters. The zero-order valence-electron chi connectivity index (χ0n) is 14.6. The number of aliphatic hydroxyl groups is 1. The molecule has 0 spiro atoms. The van der Waals surface area contributed by atoms with Crippen molar-refractivity contribution in [2.24, 2.45) is 0 Å². The lowest BCUT2D eigenvalue weighted by atomic mass is 9.79. The highest BCUT2D eigenvalue weighted by Gasteiger charge is 2.34. The van der Waals surface area contributed by atoms with Crippen molar-refractivity contribution in [3.8, 4) is 5.75 Å². The van der Waals surface area contributed by atoms with Crippen LogP contribution in [-0.2, 0) is 12.0 Å². The van der Waals surface area contributed by atoms with Gasteiger partial charge in [0.15, 0.2) is 0 Å². The maximum absolute atomic E-state index is 12.2. The van der Waals surface area contributed by atoms with E-state index in [2.05, 4.69) is 10.6 Å². The Labute approximate surface area is 148 Å². The van der Waals surface area contributed by atoms with Crippen molar-refractivity contribution >= 4 is 11.7 Å². The van der Waals surface area contributed by atoms with E-state index in [9.17, 15) is 9.90 Å². The Morgan fingerprint density at radius 1 is 1.28 bits per heavy atom. The van der Waals surface area contributed by atoms with Crippen LogP contribution in [0.3, 0.4) is 0 Å². The molecule has 0 fully saturated rings. The van der Waals surface area contributed by atoms with Crippen molar-refractivity contribution in [1.82, 2.24) is 5.32 Å². The zero-order valence-corrected chi connectivity index (χ0v) is 14.6. The summed E-state index contributed by atoms with van der Waals surface area (Å²) >= 11 is 0. The molecule has 25 heavy (non-hydrogen) atoms. The summed E-state index contributed by atoms with van der Waals surface area (Å²) in [6.07, 6.45) is 2.40. The zero-order chi connectivity index (χ0) is 17.9. The van der Waals surface area contributed by atoms with Gasteiger partial charge in [-0.05, 0) is 67.1 Å². The average Bonchev–Trinajstić information content (AvgIpc) is 2.60. The van der Waals surface area contributed by atoms with Crippen LogP contribution in [0.15, 0.2) is 42.5 Å². The number of nitrogens with one attached hydrogen (secondary N) is 2. The van der Waals surface area contributed by atoms with Crippen LogP contribution in [0, 0.1) is 6.92 Å². The smallest absolute Gasteiger partial charge is 0.319 e. The molecule has 3 rings (SSSR count). The Balaban J connectivity index is 1.68. The second kappa shape index (κ2) is 7.15. The number of hydrogen-bond donors (Lipinski definition) is 3. The molecule has 0 heterocycles. The number of fused-ring (bicyclic) bond motifs is 1. The first kappa shape index (κ1) is 17.3. The fourth-order valence-electron chi connectivity index (χ4n) is 3.37. The molecule has 0 bridgehead atoms. The monoisotopic (exact) mass is 340 g/mol. The van der Waals surface area contributed by atoms with Crippen molar-refractivity contribution in [3.05, 3.63) is 59.2 Å². The molecule has 132 valence electrons. The van der Waals surface area contributed by atoms with Gasteiger partial charge in [0.1, 0.15) is 11.4 Å². The Morgan fingerprint density at radius 3 is 2.88 bits per heavy atom. The van der Waals surface area contributed by atoms with Crippen LogP contribution < -0.4 is 15.4 Å². The van der Waals surface area contributed by atoms with E-state index < -0.39 is 5.60 Å². The summed E-state index contributed by atoms with van der Waals surface area (Å²) in [5.41, 5.74) is 2.71.